The zero-order valence-corrected chi connectivity index (χ0v) is 17.2. The van der Waals surface area contributed by atoms with Gasteiger partial charge in [0.25, 0.3) is 5.56 Å². The molecule has 1 aromatic carbocycles. The molecule has 0 aliphatic heterocycles. The van der Waals surface area contributed by atoms with Crippen molar-refractivity contribution < 1.29 is 27.5 Å². The van der Waals surface area contributed by atoms with Gasteiger partial charge in [-0.3, -0.25) is 14.4 Å². The Hall–Kier alpha value is -3.62. The fourth-order valence-corrected chi connectivity index (χ4v) is 3.28. The lowest BCUT2D eigenvalue weighted by atomic mass is 10.1. The lowest BCUT2D eigenvalue weighted by molar-refractivity contribution is -0.141. The normalized spacial score (nSPS) is 13.9. The zero-order valence-electron chi connectivity index (χ0n) is 17.2. The molecular formula is C23H21F3N2O4. The Balaban J connectivity index is 1.73. The van der Waals surface area contributed by atoms with E-state index in [1.165, 1.54) is 17.6 Å². The van der Waals surface area contributed by atoms with E-state index < -0.39 is 23.6 Å². The summed E-state index contributed by atoms with van der Waals surface area (Å²) in [5.41, 5.74) is -0.163. The van der Waals surface area contributed by atoms with Crippen molar-refractivity contribution in [3.63, 3.8) is 0 Å². The minimum atomic E-state index is -4.43. The van der Waals surface area contributed by atoms with Gasteiger partial charge in [-0.15, -0.1) is 0 Å². The van der Waals surface area contributed by atoms with Crippen LogP contribution in [0, 0.1) is 0 Å². The Morgan fingerprint density at radius 1 is 1.12 bits per heavy atom. The number of hydrogen-bond donors (Lipinski definition) is 1. The molecule has 0 atom stereocenters. The molecular weight excluding hydrogens is 425 g/mol. The monoisotopic (exact) mass is 446 g/mol. The molecule has 0 saturated carbocycles. The molecule has 0 saturated heterocycles. The van der Waals surface area contributed by atoms with E-state index in [9.17, 15) is 27.6 Å². The number of ether oxygens (including phenoxy) is 1. The van der Waals surface area contributed by atoms with Gasteiger partial charge in [-0.25, -0.2) is 0 Å². The van der Waals surface area contributed by atoms with Crippen LogP contribution in [-0.2, 0) is 20.9 Å². The topological polar surface area (TPSA) is 77.4 Å². The summed E-state index contributed by atoms with van der Waals surface area (Å²) in [6.07, 6.45) is 1.97. The molecule has 1 heterocycles. The molecule has 1 aliphatic carbocycles. The van der Waals surface area contributed by atoms with Crippen molar-refractivity contribution >= 4 is 28.3 Å². The number of amides is 1. The first kappa shape index (κ1) is 23.1. The van der Waals surface area contributed by atoms with Gasteiger partial charge in [0, 0.05) is 29.6 Å². The predicted molar refractivity (Wildman–Crippen MR) is 114 cm³/mol. The Bertz CT molecular complexity index is 1190. The minimum Gasteiger partial charge on any atom is -0.464 e. The predicted octanol–water partition coefficient (Wildman–Crippen LogP) is 4.27. The van der Waals surface area contributed by atoms with Gasteiger partial charge in [-0.2, -0.15) is 13.2 Å². The number of fused-ring (bicyclic) bond motifs is 1. The summed E-state index contributed by atoms with van der Waals surface area (Å²) in [4.78, 5) is 36.1. The quantitative estimate of drug-likeness (QED) is 0.673. The van der Waals surface area contributed by atoms with Crippen molar-refractivity contribution in [1.29, 1.82) is 0 Å². The first-order chi connectivity index (χ1) is 15.1. The number of allylic oxidation sites excluding steroid dienone is 5. The van der Waals surface area contributed by atoms with Gasteiger partial charge >= 0.3 is 12.1 Å². The summed E-state index contributed by atoms with van der Waals surface area (Å²) in [5.74, 6) is -0.851. The van der Waals surface area contributed by atoms with E-state index >= 15 is 0 Å². The average molecular weight is 446 g/mol. The van der Waals surface area contributed by atoms with Crippen molar-refractivity contribution in [2.45, 2.75) is 32.5 Å². The Labute approximate surface area is 181 Å². The lowest BCUT2D eigenvalue weighted by Crippen LogP contribution is -2.23. The maximum absolute atomic E-state index is 12.8. The van der Waals surface area contributed by atoms with Gasteiger partial charge in [0.15, 0.2) is 0 Å². The highest BCUT2D eigenvalue weighted by molar-refractivity contribution is 6.02. The van der Waals surface area contributed by atoms with Crippen LogP contribution in [0.2, 0.25) is 0 Å². The van der Waals surface area contributed by atoms with E-state index in [1.54, 1.807) is 36.5 Å². The largest absolute Gasteiger partial charge is 0.464 e. The van der Waals surface area contributed by atoms with E-state index in [4.69, 9.17) is 4.74 Å². The van der Waals surface area contributed by atoms with Gasteiger partial charge in [0.05, 0.1) is 18.5 Å². The molecule has 0 fully saturated rings. The van der Waals surface area contributed by atoms with Gasteiger partial charge in [0.1, 0.15) is 6.61 Å². The third-order valence-electron chi connectivity index (χ3n) is 4.82. The highest BCUT2D eigenvalue weighted by atomic mass is 19.4. The lowest BCUT2D eigenvalue weighted by Gasteiger charge is -2.11. The zero-order chi connectivity index (χ0) is 23.3. The maximum Gasteiger partial charge on any atom is 0.416 e. The van der Waals surface area contributed by atoms with Gasteiger partial charge < -0.3 is 14.6 Å². The van der Waals surface area contributed by atoms with E-state index in [2.05, 4.69) is 5.32 Å². The van der Waals surface area contributed by atoms with Crippen molar-refractivity contribution in [3.05, 3.63) is 76.3 Å². The van der Waals surface area contributed by atoms with Crippen LogP contribution in [0.1, 0.15) is 19.8 Å². The molecule has 1 N–H and O–H groups in total. The molecule has 168 valence electrons. The van der Waals surface area contributed by atoms with Crippen LogP contribution in [0.3, 0.4) is 0 Å². The number of aromatic nitrogens is 1. The standard InChI is InChI=1S/C23H21F3N2O4/c1-15(29)32-13-12-28-11-10-18-19(22(28)31)6-3-7-20(18)27-21(30)14-16-4-2-5-17(9-8-16)23(24,25)26/h3-11H,2,12-14H2,1H3,(H,27,30). The molecule has 2 aromatic rings. The number of pyridine rings is 1. The smallest absolute Gasteiger partial charge is 0.416 e. The molecule has 0 bridgehead atoms. The van der Waals surface area contributed by atoms with Crippen molar-refractivity contribution in [2.75, 3.05) is 11.9 Å². The molecule has 1 aliphatic rings. The first-order valence-corrected chi connectivity index (χ1v) is 9.85. The number of nitrogens with one attached hydrogen (secondary N) is 1. The fourth-order valence-electron chi connectivity index (χ4n) is 3.28. The van der Waals surface area contributed by atoms with Gasteiger partial charge in [-0.1, -0.05) is 30.4 Å². The van der Waals surface area contributed by atoms with Crippen LogP contribution in [0.4, 0.5) is 18.9 Å². The Morgan fingerprint density at radius 3 is 2.62 bits per heavy atom. The van der Waals surface area contributed by atoms with E-state index in [0.29, 0.717) is 22.0 Å². The average Bonchev–Trinajstić information content (AvgIpc) is 2.95. The number of halogens is 3. The number of carbonyl (C=O) groups excluding carboxylic acids is 2. The first-order valence-electron chi connectivity index (χ1n) is 9.85. The van der Waals surface area contributed by atoms with E-state index in [0.717, 1.165) is 12.2 Å². The van der Waals surface area contributed by atoms with Crippen molar-refractivity contribution in [2.24, 2.45) is 0 Å². The molecule has 6 nitrogen and oxygen atoms in total. The van der Waals surface area contributed by atoms with Crippen LogP contribution in [0.25, 0.3) is 10.8 Å². The number of hydrogen-bond acceptors (Lipinski definition) is 4. The van der Waals surface area contributed by atoms with Gasteiger partial charge in [-0.05, 0) is 30.2 Å². The third-order valence-corrected chi connectivity index (χ3v) is 4.82. The molecule has 1 aromatic heterocycles. The Kier molecular flexibility index (Phi) is 6.97. The van der Waals surface area contributed by atoms with Crippen molar-refractivity contribution in [1.82, 2.24) is 4.57 Å². The van der Waals surface area contributed by atoms with Gasteiger partial charge in [0.2, 0.25) is 5.91 Å². The van der Waals surface area contributed by atoms with Crippen LogP contribution < -0.4 is 10.9 Å². The molecule has 0 spiro atoms. The number of benzene rings is 1. The molecule has 9 heteroatoms. The summed E-state index contributed by atoms with van der Waals surface area (Å²) >= 11 is 0. The Morgan fingerprint density at radius 2 is 1.91 bits per heavy atom. The minimum absolute atomic E-state index is 0.0602. The van der Waals surface area contributed by atoms with Crippen molar-refractivity contribution in [3.8, 4) is 0 Å². The molecule has 0 unspecified atom stereocenters. The van der Waals surface area contributed by atoms with E-state index in [-0.39, 0.29) is 31.6 Å². The highest BCUT2D eigenvalue weighted by Crippen LogP contribution is 2.29. The van der Waals surface area contributed by atoms with Crippen LogP contribution in [0.15, 0.2) is 70.7 Å². The second-order valence-corrected chi connectivity index (χ2v) is 7.15. The van der Waals surface area contributed by atoms with E-state index in [1.807, 2.05) is 0 Å². The second-order valence-electron chi connectivity index (χ2n) is 7.15. The summed E-state index contributed by atoms with van der Waals surface area (Å²) in [6, 6.07) is 6.56. The number of alkyl halides is 3. The second kappa shape index (κ2) is 9.67. The summed E-state index contributed by atoms with van der Waals surface area (Å²) in [5, 5.41) is 3.63. The molecule has 1 amide bonds. The fraction of sp³-hybridized carbons (Fsp3) is 0.261. The summed E-state index contributed by atoms with van der Waals surface area (Å²) in [7, 11) is 0. The third kappa shape index (κ3) is 5.75. The number of carbonyl (C=O) groups is 2. The molecule has 32 heavy (non-hydrogen) atoms. The highest BCUT2D eigenvalue weighted by Gasteiger charge is 2.31. The number of nitrogens with zero attached hydrogens (tertiary/aromatic N) is 1. The summed E-state index contributed by atoms with van der Waals surface area (Å²) < 4.78 is 44.8. The number of anilines is 1. The van der Waals surface area contributed by atoms with Crippen LogP contribution in [-0.4, -0.2) is 29.2 Å². The molecule has 0 radical (unpaired) electrons. The van der Waals surface area contributed by atoms with Crippen LogP contribution >= 0.6 is 0 Å². The SMILES string of the molecule is CC(=O)OCCn1ccc2c(NC(=O)CC3=CCC=C(C(F)(F)F)C=C3)cccc2c1=O. The molecule has 3 rings (SSSR count). The number of esters is 1. The number of rotatable bonds is 6. The van der Waals surface area contributed by atoms with Crippen LogP contribution in [0.5, 0.6) is 0 Å². The summed E-state index contributed by atoms with van der Waals surface area (Å²) in [6.45, 7) is 1.54. The maximum atomic E-state index is 12.8.